The van der Waals surface area contributed by atoms with Crippen LogP contribution in [-0.4, -0.2) is 54.5 Å². The number of sulfone groups is 1. The highest BCUT2D eigenvalue weighted by molar-refractivity contribution is 7.94. The fourth-order valence-electron chi connectivity index (χ4n) is 3.52. The second-order valence-corrected chi connectivity index (χ2v) is 9.70. The van der Waals surface area contributed by atoms with Crippen molar-refractivity contribution in [1.82, 2.24) is 10.2 Å². The van der Waals surface area contributed by atoms with Crippen LogP contribution in [0.25, 0.3) is 0 Å². The van der Waals surface area contributed by atoms with Crippen molar-refractivity contribution in [2.24, 2.45) is 5.73 Å². The summed E-state index contributed by atoms with van der Waals surface area (Å²) in [6.45, 7) is 3.86. The zero-order chi connectivity index (χ0) is 19.1. The number of carbonyl (C=O) groups is 2. The van der Waals surface area contributed by atoms with Crippen molar-refractivity contribution >= 4 is 21.7 Å². The van der Waals surface area contributed by atoms with Crippen LogP contribution in [0.15, 0.2) is 35.2 Å². The molecule has 3 rings (SSSR count). The van der Waals surface area contributed by atoms with Crippen LogP contribution < -0.4 is 11.1 Å². The van der Waals surface area contributed by atoms with Crippen molar-refractivity contribution < 1.29 is 18.0 Å². The van der Waals surface area contributed by atoms with E-state index in [1.54, 1.807) is 18.2 Å². The molecule has 8 heteroatoms. The van der Waals surface area contributed by atoms with Gasteiger partial charge in [-0.05, 0) is 45.2 Å². The fourth-order valence-corrected chi connectivity index (χ4v) is 5.47. The molecule has 7 nitrogen and oxygen atoms in total. The van der Waals surface area contributed by atoms with Gasteiger partial charge in [-0.15, -0.1) is 0 Å². The number of rotatable bonds is 5. The van der Waals surface area contributed by atoms with E-state index in [4.69, 9.17) is 5.73 Å². The van der Waals surface area contributed by atoms with Gasteiger partial charge in [0.1, 0.15) is 6.04 Å². The molecule has 3 N–H and O–H groups in total. The summed E-state index contributed by atoms with van der Waals surface area (Å²) in [4.78, 5) is 27.2. The molecule has 2 atom stereocenters. The molecule has 26 heavy (non-hydrogen) atoms. The fraction of sp³-hybridized carbons (Fsp3) is 0.556. The van der Waals surface area contributed by atoms with Crippen LogP contribution in [0.2, 0.25) is 0 Å². The van der Waals surface area contributed by atoms with E-state index < -0.39 is 26.5 Å². The number of amides is 2. The second kappa shape index (κ2) is 6.66. The predicted octanol–water partition coefficient (Wildman–Crippen LogP) is 0.446. The molecule has 0 unspecified atom stereocenters. The molecule has 0 aromatic heterocycles. The number of benzene rings is 1. The highest BCUT2D eigenvalue weighted by atomic mass is 32.2. The lowest BCUT2D eigenvalue weighted by Crippen LogP contribution is -2.52. The maximum absolute atomic E-state index is 13.2. The highest BCUT2D eigenvalue weighted by Crippen LogP contribution is 2.49. The van der Waals surface area contributed by atoms with Crippen molar-refractivity contribution in [3.05, 3.63) is 30.3 Å². The normalized spacial score (nSPS) is 24.5. The standard InChI is InChI=1S/C18H25N3O4S/c1-12(2)20-16(22)15-10-13(19)11-21(15)17(23)18(8-9-18)26(24,25)14-6-4-3-5-7-14/h3-7,12-13,15H,8-11,19H2,1-2H3,(H,20,22)/t13-,15-/m0/s1. The Morgan fingerprint density at radius 2 is 1.85 bits per heavy atom. The lowest BCUT2D eigenvalue weighted by atomic mass is 10.1. The zero-order valence-electron chi connectivity index (χ0n) is 15.0. The molecular formula is C18H25N3O4S. The van der Waals surface area contributed by atoms with Gasteiger partial charge < -0.3 is 16.0 Å². The molecule has 0 radical (unpaired) electrons. The topological polar surface area (TPSA) is 110 Å². The summed E-state index contributed by atoms with van der Waals surface area (Å²) in [5, 5.41) is 2.79. The molecule has 2 aliphatic rings. The third kappa shape index (κ3) is 3.12. The van der Waals surface area contributed by atoms with Gasteiger partial charge in [-0.2, -0.15) is 0 Å². The lowest BCUT2D eigenvalue weighted by molar-refractivity contribution is -0.138. The molecule has 0 bridgehead atoms. The number of hydrogen-bond acceptors (Lipinski definition) is 5. The van der Waals surface area contributed by atoms with Gasteiger partial charge in [0.2, 0.25) is 11.8 Å². The monoisotopic (exact) mass is 379 g/mol. The first-order valence-corrected chi connectivity index (χ1v) is 10.3. The quantitative estimate of drug-likeness (QED) is 0.772. The summed E-state index contributed by atoms with van der Waals surface area (Å²) in [5.41, 5.74) is 5.98. The average molecular weight is 379 g/mol. The number of nitrogens with zero attached hydrogens (tertiary/aromatic N) is 1. The molecule has 1 saturated carbocycles. The van der Waals surface area contributed by atoms with Gasteiger partial charge in [-0.3, -0.25) is 9.59 Å². The first-order valence-electron chi connectivity index (χ1n) is 8.86. The Morgan fingerprint density at radius 3 is 2.38 bits per heavy atom. The molecular weight excluding hydrogens is 354 g/mol. The first-order chi connectivity index (χ1) is 12.2. The highest BCUT2D eigenvalue weighted by Gasteiger charge is 2.63. The molecule has 2 amide bonds. The van der Waals surface area contributed by atoms with Crippen molar-refractivity contribution in [2.45, 2.75) is 60.9 Å². The average Bonchev–Trinajstić information content (AvgIpc) is 3.32. The third-order valence-corrected chi connectivity index (χ3v) is 7.49. The molecule has 1 saturated heterocycles. The van der Waals surface area contributed by atoms with Gasteiger partial charge in [0.15, 0.2) is 14.6 Å². The summed E-state index contributed by atoms with van der Waals surface area (Å²) in [6.07, 6.45) is 0.881. The van der Waals surface area contributed by atoms with Gasteiger partial charge in [-0.1, -0.05) is 18.2 Å². The van der Waals surface area contributed by atoms with Crippen molar-refractivity contribution in [1.29, 1.82) is 0 Å². The van der Waals surface area contributed by atoms with Crippen molar-refractivity contribution in [3.63, 3.8) is 0 Å². The smallest absolute Gasteiger partial charge is 0.245 e. The minimum Gasteiger partial charge on any atom is -0.352 e. The van der Waals surface area contributed by atoms with Crippen LogP contribution in [-0.2, 0) is 19.4 Å². The van der Waals surface area contributed by atoms with Crippen LogP contribution >= 0.6 is 0 Å². The first kappa shape index (κ1) is 18.8. The number of hydrogen-bond donors (Lipinski definition) is 2. The molecule has 1 aromatic carbocycles. The number of carbonyl (C=O) groups excluding carboxylic acids is 2. The van der Waals surface area contributed by atoms with E-state index >= 15 is 0 Å². The van der Waals surface area contributed by atoms with Crippen LogP contribution in [0.1, 0.15) is 33.1 Å². The predicted molar refractivity (Wildman–Crippen MR) is 97.0 cm³/mol. The Kier molecular flexibility index (Phi) is 4.83. The van der Waals surface area contributed by atoms with E-state index in [1.807, 2.05) is 13.8 Å². The summed E-state index contributed by atoms with van der Waals surface area (Å²) < 4.78 is 24.7. The van der Waals surface area contributed by atoms with Crippen LogP contribution in [0.4, 0.5) is 0 Å². The third-order valence-electron chi connectivity index (χ3n) is 4.99. The maximum atomic E-state index is 13.2. The molecule has 0 spiro atoms. The molecule has 1 aliphatic heterocycles. The van der Waals surface area contributed by atoms with Crippen molar-refractivity contribution in [3.8, 4) is 0 Å². The van der Waals surface area contributed by atoms with Crippen molar-refractivity contribution in [2.75, 3.05) is 6.54 Å². The zero-order valence-corrected chi connectivity index (χ0v) is 15.8. The summed E-state index contributed by atoms with van der Waals surface area (Å²) in [6, 6.07) is 6.88. The van der Waals surface area contributed by atoms with Gasteiger partial charge in [-0.25, -0.2) is 8.42 Å². The maximum Gasteiger partial charge on any atom is 0.245 e. The Morgan fingerprint density at radius 1 is 1.23 bits per heavy atom. The Labute approximate surface area is 153 Å². The molecule has 1 heterocycles. The summed E-state index contributed by atoms with van der Waals surface area (Å²) >= 11 is 0. The number of nitrogens with two attached hydrogens (primary N) is 1. The van der Waals surface area contributed by atoms with Crippen LogP contribution in [0, 0.1) is 0 Å². The van der Waals surface area contributed by atoms with E-state index in [0.29, 0.717) is 6.42 Å². The van der Waals surface area contributed by atoms with E-state index in [-0.39, 0.29) is 42.3 Å². The number of nitrogens with one attached hydrogen (secondary N) is 1. The second-order valence-electron chi connectivity index (χ2n) is 7.44. The van der Waals surface area contributed by atoms with Gasteiger partial charge in [0, 0.05) is 18.6 Å². The minimum absolute atomic E-state index is 0.0702. The Hall–Kier alpha value is -1.93. The molecule has 1 aromatic rings. The Balaban J connectivity index is 1.89. The van der Waals surface area contributed by atoms with Gasteiger partial charge in [0.05, 0.1) is 4.90 Å². The van der Waals surface area contributed by atoms with Gasteiger partial charge >= 0.3 is 0 Å². The number of likely N-dealkylation sites (tertiary alicyclic amines) is 1. The molecule has 142 valence electrons. The van der Waals surface area contributed by atoms with E-state index in [1.165, 1.54) is 17.0 Å². The van der Waals surface area contributed by atoms with Crippen LogP contribution in [0.3, 0.4) is 0 Å². The van der Waals surface area contributed by atoms with E-state index in [0.717, 1.165) is 0 Å². The van der Waals surface area contributed by atoms with E-state index in [2.05, 4.69) is 5.32 Å². The van der Waals surface area contributed by atoms with Crippen LogP contribution in [0.5, 0.6) is 0 Å². The van der Waals surface area contributed by atoms with Gasteiger partial charge in [0.25, 0.3) is 0 Å². The summed E-state index contributed by atoms with van der Waals surface area (Å²) in [7, 11) is -3.82. The minimum atomic E-state index is -3.82. The molecule has 1 aliphatic carbocycles. The SMILES string of the molecule is CC(C)NC(=O)[C@@H]1C[C@H](N)CN1C(=O)C1(S(=O)(=O)c2ccccc2)CC1. The largest absolute Gasteiger partial charge is 0.352 e. The Bertz CT molecular complexity index is 803. The van der Waals surface area contributed by atoms with E-state index in [9.17, 15) is 18.0 Å². The lowest BCUT2D eigenvalue weighted by Gasteiger charge is -2.28. The summed E-state index contributed by atoms with van der Waals surface area (Å²) in [5.74, 6) is -0.785. The molecule has 2 fully saturated rings.